The average molecular weight is 707 g/mol. The third kappa shape index (κ3) is 9.38. The fourth-order valence-electron chi connectivity index (χ4n) is 5.27. The van der Waals surface area contributed by atoms with Crippen molar-refractivity contribution in [3.8, 4) is 6.07 Å². The number of carboxylic acids is 1. The van der Waals surface area contributed by atoms with Crippen LogP contribution in [0.2, 0.25) is 5.02 Å². The molecule has 6 bridgehead atoms. The Hall–Kier alpha value is -5.88. The van der Waals surface area contributed by atoms with Gasteiger partial charge in [-0.15, -0.1) is 0 Å². The molecule has 0 saturated carbocycles. The zero-order valence-corrected chi connectivity index (χ0v) is 27.0. The van der Waals surface area contributed by atoms with E-state index in [0.29, 0.717) is 60.4 Å². The van der Waals surface area contributed by atoms with Crippen molar-refractivity contribution >= 4 is 64.0 Å². The number of carboxylic acid groups (broad SMARTS) is 1. The van der Waals surface area contributed by atoms with Crippen LogP contribution in [0.4, 0.5) is 52.5 Å². The molecule has 258 valence electrons. The number of urea groups is 1. The highest BCUT2D eigenvalue weighted by atomic mass is 35.5. The van der Waals surface area contributed by atoms with Gasteiger partial charge in [0.15, 0.2) is 5.82 Å². The van der Waals surface area contributed by atoms with Gasteiger partial charge in [-0.1, -0.05) is 23.7 Å². The summed E-state index contributed by atoms with van der Waals surface area (Å²) in [5, 5.41) is 29.0. The summed E-state index contributed by atoms with van der Waals surface area (Å²) in [5.74, 6) is -2.11. The molecule has 5 N–H and O–H groups in total. The lowest BCUT2D eigenvalue weighted by molar-refractivity contribution is -0.192. The number of carbonyl (C=O) groups excluding carboxylic acids is 2. The van der Waals surface area contributed by atoms with Crippen molar-refractivity contribution < 1.29 is 32.7 Å². The Morgan fingerprint density at radius 3 is 2.34 bits per heavy atom. The number of nitrogens with zero attached hydrogens (tertiary/aromatic N) is 4. The molecule has 1 aromatic heterocycles. The van der Waals surface area contributed by atoms with Crippen LogP contribution in [0.1, 0.15) is 29.5 Å². The molecule has 12 nitrogen and oxygen atoms in total. The number of amides is 3. The van der Waals surface area contributed by atoms with E-state index in [-0.39, 0.29) is 17.9 Å². The lowest BCUT2D eigenvalue weighted by Crippen LogP contribution is -2.43. The summed E-state index contributed by atoms with van der Waals surface area (Å²) in [4.78, 5) is 45.6. The van der Waals surface area contributed by atoms with E-state index in [1.54, 1.807) is 35.4 Å². The number of aryl methyl sites for hydroxylation is 2. The Labute approximate surface area is 289 Å². The third-order valence-corrected chi connectivity index (χ3v) is 8.17. The molecular formula is C34H30ClF3N8O4. The Kier molecular flexibility index (Phi) is 11.0. The normalized spacial score (nSPS) is 14.0. The van der Waals surface area contributed by atoms with Crippen molar-refractivity contribution in [2.45, 2.75) is 31.9 Å². The van der Waals surface area contributed by atoms with Crippen LogP contribution < -0.4 is 21.3 Å². The molecule has 1 saturated heterocycles. The van der Waals surface area contributed by atoms with Crippen LogP contribution in [0, 0.1) is 17.2 Å². The number of carbonyl (C=O) groups is 3. The Bertz CT molecular complexity index is 1930. The first-order chi connectivity index (χ1) is 23.9. The molecule has 0 atom stereocenters. The molecule has 0 aliphatic carbocycles. The predicted octanol–water partition coefficient (Wildman–Crippen LogP) is 7.10. The highest BCUT2D eigenvalue weighted by molar-refractivity contribution is 6.32. The zero-order valence-electron chi connectivity index (χ0n) is 26.2. The molecule has 0 unspecified atom stereocenters. The minimum Gasteiger partial charge on any atom is -0.475 e. The molecule has 3 aromatic carbocycles. The monoisotopic (exact) mass is 706 g/mol. The van der Waals surface area contributed by atoms with Gasteiger partial charge in [0.05, 0.1) is 17.8 Å². The number of hydrogen-bond donors (Lipinski definition) is 5. The Balaban J connectivity index is 0.000000630. The lowest BCUT2D eigenvalue weighted by atomic mass is 9.95. The van der Waals surface area contributed by atoms with E-state index in [4.69, 9.17) is 26.8 Å². The van der Waals surface area contributed by atoms with E-state index in [2.05, 4.69) is 49.4 Å². The standard InChI is InChI=1S/C32H29ClN8O2.C2HF3O2/c33-27-19-35-31-37-25-3-1-2-20(16-25)4-7-23-17-26(36-29(27)40-31)10-11-28(23)39-30(42)22-12-14-41(15-13-22)32(43)38-24-8-5-21(18-34)6-9-24;3-2(4,5)1(6)7/h1-3,5-6,8-11,16-17,19,22H,4,7,12-15H2,(H,38,43)(H,39,42)(H2,35,36,37,40);(H,6,7). The van der Waals surface area contributed by atoms with Crippen LogP contribution in [-0.4, -0.2) is 57.1 Å². The van der Waals surface area contributed by atoms with Crippen LogP contribution in [0.15, 0.2) is 72.9 Å². The summed E-state index contributed by atoms with van der Waals surface area (Å²) in [7, 11) is 0. The van der Waals surface area contributed by atoms with Gasteiger partial charge in [0.1, 0.15) is 5.02 Å². The first-order valence-corrected chi connectivity index (χ1v) is 15.7. The quantitative estimate of drug-likeness (QED) is 0.149. The van der Waals surface area contributed by atoms with Gasteiger partial charge in [-0.05, 0) is 91.4 Å². The summed E-state index contributed by atoms with van der Waals surface area (Å²) in [5.41, 5.74) is 5.72. The first-order valence-electron chi connectivity index (χ1n) is 15.3. The summed E-state index contributed by atoms with van der Waals surface area (Å²) in [6, 6.07) is 22.5. The summed E-state index contributed by atoms with van der Waals surface area (Å²) >= 11 is 6.39. The number of halogens is 4. The van der Waals surface area contributed by atoms with Gasteiger partial charge in [-0.25, -0.2) is 14.6 Å². The molecule has 0 spiro atoms. The molecule has 3 heterocycles. The number of likely N-dealkylation sites (tertiary alicyclic amines) is 1. The van der Waals surface area contributed by atoms with Gasteiger partial charge in [0.2, 0.25) is 11.9 Å². The van der Waals surface area contributed by atoms with Gasteiger partial charge in [0, 0.05) is 41.8 Å². The molecule has 1 fully saturated rings. The number of benzene rings is 3. The summed E-state index contributed by atoms with van der Waals surface area (Å²) < 4.78 is 31.7. The van der Waals surface area contributed by atoms with Gasteiger partial charge in [-0.2, -0.15) is 23.4 Å². The number of aliphatic carboxylic acids is 1. The van der Waals surface area contributed by atoms with E-state index in [1.807, 2.05) is 30.3 Å². The van der Waals surface area contributed by atoms with Gasteiger partial charge >= 0.3 is 18.2 Å². The number of hydrogen-bond acceptors (Lipinski definition) is 8. The molecule has 4 aromatic rings. The Morgan fingerprint density at radius 1 is 0.960 bits per heavy atom. The van der Waals surface area contributed by atoms with E-state index < -0.39 is 12.1 Å². The first kappa shape index (κ1) is 35.4. The van der Waals surface area contributed by atoms with Crippen LogP contribution >= 0.6 is 11.6 Å². The average Bonchev–Trinajstić information content (AvgIpc) is 3.10. The number of nitrogens with one attached hydrogen (secondary N) is 4. The predicted molar refractivity (Wildman–Crippen MR) is 181 cm³/mol. The molecule has 16 heteroatoms. The molecule has 3 amide bonds. The van der Waals surface area contributed by atoms with Gasteiger partial charge in [0.25, 0.3) is 0 Å². The number of aromatic nitrogens is 2. The SMILES string of the molecule is N#Cc1ccc(NC(=O)N2CCC(C(=O)Nc3ccc4cc3CCc3cccc(c3)Nc3ncc(Cl)c(n3)N4)CC2)cc1.O=C(O)C(F)(F)F. The van der Waals surface area contributed by atoms with Crippen molar-refractivity contribution in [2.75, 3.05) is 34.4 Å². The number of fused-ring (bicyclic) bond motifs is 6. The van der Waals surface area contributed by atoms with Crippen molar-refractivity contribution in [2.24, 2.45) is 5.92 Å². The number of piperidine rings is 1. The van der Waals surface area contributed by atoms with Crippen LogP contribution in [0.5, 0.6) is 0 Å². The van der Waals surface area contributed by atoms with Crippen molar-refractivity contribution in [1.82, 2.24) is 14.9 Å². The largest absolute Gasteiger partial charge is 0.490 e. The van der Waals surface area contributed by atoms with Crippen molar-refractivity contribution in [1.29, 1.82) is 5.26 Å². The number of anilines is 6. The van der Waals surface area contributed by atoms with Crippen molar-refractivity contribution in [3.05, 3.63) is 94.6 Å². The minimum atomic E-state index is -5.08. The fraction of sp³-hybridized carbons (Fsp3) is 0.235. The van der Waals surface area contributed by atoms with Gasteiger partial charge < -0.3 is 31.3 Å². The zero-order chi connectivity index (χ0) is 35.8. The third-order valence-electron chi connectivity index (χ3n) is 7.90. The highest BCUT2D eigenvalue weighted by Gasteiger charge is 2.38. The van der Waals surface area contributed by atoms with Crippen LogP contribution in [-0.2, 0) is 22.4 Å². The maximum Gasteiger partial charge on any atom is 0.490 e. The summed E-state index contributed by atoms with van der Waals surface area (Å²) in [6.45, 7) is 0.948. The smallest absolute Gasteiger partial charge is 0.475 e. The number of rotatable bonds is 3. The highest BCUT2D eigenvalue weighted by Crippen LogP contribution is 2.30. The number of nitriles is 1. The van der Waals surface area contributed by atoms with Crippen molar-refractivity contribution in [3.63, 3.8) is 0 Å². The number of alkyl halides is 3. The maximum absolute atomic E-state index is 13.4. The lowest BCUT2D eigenvalue weighted by Gasteiger charge is -2.31. The van der Waals surface area contributed by atoms with E-state index in [1.165, 1.54) is 0 Å². The Morgan fingerprint density at radius 2 is 1.66 bits per heavy atom. The second-order valence-corrected chi connectivity index (χ2v) is 11.8. The molecular weight excluding hydrogens is 677 g/mol. The molecule has 50 heavy (non-hydrogen) atoms. The second-order valence-electron chi connectivity index (χ2n) is 11.4. The van der Waals surface area contributed by atoms with Crippen LogP contribution in [0.25, 0.3) is 0 Å². The van der Waals surface area contributed by atoms with Crippen LogP contribution in [0.3, 0.4) is 0 Å². The second kappa shape index (κ2) is 15.6. The molecule has 6 rings (SSSR count). The van der Waals surface area contributed by atoms with E-state index >= 15 is 0 Å². The molecule has 0 radical (unpaired) electrons. The van der Waals surface area contributed by atoms with E-state index in [9.17, 15) is 22.8 Å². The van der Waals surface area contributed by atoms with E-state index in [0.717, 1.165) is 34.6 Å². The topological polar surface area (TPSA) is 172 Å². The van der Waals surface area contributed by atoms with Gasteiger partial charge in [-0.3, -0.25) is 4.79 Å². The summed E-state index contributed by atoms with van der Waals surface area (Å²) in [6.07, 6.45) is -0.917. The minimum absolute atomic E-state index is 0.0540. The maximum atomic E-state index is 13.4. The fourth-order valence-corrected chi connectivity index (χ4v) is 5.41. The molecule has 2 aliphatic rings. The molecule has 2 aliphatic heterocycles.